The molecular weight excluding hydrogens is 562 g/mol. The first-order valence-corrected chi connectivity index (χ1v) is 15.6. The van der Waals surface area contributed by atoms with Gasteiger partial charge in [-0.1, -0.05) is 60.1 Å². The molecule has 10 heteroatoms. The molecule has 0 heterocycles. The maximum atomic E-state index is 14.1. The fourth-order valence-electron chi connectivity index (χ4n) is 4.31. The number of nitrogens with zero attached hydrogens (tertiary/aromatic N) is 2. The molecule has 41 heavy (non-hydrogen) atoms. The van der Waals surface area contributed by atoms with Crippen LogP contribution in [0.4, 0.5) is 5.69 Å². The van der Waals surface area contributed by atoms with Crippen molar-refractivity contribution in [2.45, 2.75) is 52.2 Å². The Kier molecular flexibility index (Phi) is 10.8. The van der Waals surface area contributed by atoms with Gasteiger partial charge in [-0.3, -0.25) is 13.9 Å². The molecule has 0 saturated heterocycles. The van der Waals surface area contributed by atoms with Crippen molar-refractivity contribution < 1.29 is 22.7 Å². The van der Waals surface area contributed by atoms with Crippen molar-refractivity contribution in [1.82, 2.24) is 10.2 Å². The summed E-state index contributed by atoms with van der Waals surface area (Å²) in [4.78, 5) is 29.3. The maximum Gasteiger partial charge on any atom is 0.244 e. The molecule has 0 bridgehead atoms. The normalized spacial score (nSPS) is 12.3. The number of carbonyl (C=O) groups is 2. The van der Waals surface area contributed by atoms with Crippen molar-refractivity contribution in [3.05, 3.63) is 95.0 Å². The number of anilines is 1. The highest BCUT2D eigenvalue weighted by Gasteiger charge is 2.34. The van der Waals surface area contributed by atoms with Gasteiger partial charge in [-0.05, 0) is 69.2 Å². The molecule has 8 nitrogen and oxygen atoms in total. The molecule has 0 aliphatic carbocycles. The topological polar surface area (TPSA) is 96.0 Å². The number of rotatable bonds is 12. The summed E-state index contributed by atoms with van der Waals surface area (Å²) in [7, 11) is -3.87. The second kappa shape index (κ2) is 13.9. The molecule has 3 rings (SSSR count). The summed E-state index contributed by atoms with van der Waals surface area (Å²) in [6, 6.07) is 22.0. The Labute approximate surface area is 248 Å². The van der Waals surface area contributed by atoms with Crippen LogP contribution in [0.2, 0.25) is 5.02 Å². The minimum Gasteiger partial charge on any atom is -0.494 e. The van der Waals surface area contributed by atoms with Gasteiger partial charge in [0.05, 0.1) is 18.6 Å². The molecule has 1 unspecified atom stereocenters. The summed E-state index contributed by atoms with van der Waals surface area (Å²) in [6.45, 7) is 7.40. The van der Waals surface area contributed by atoms with Crippen LogP contribution in [0.5, 0.6) is 5.75 Å². The maximum absolute atomic E-state index is 14.1. The lowest BCUT2D eigenvalue weighted by atomic mass is 10.0. The third kappa shape index (κ3) is 9.50. The number of hydrogen-bond donors (Lipinski definition) is 1. The number of benzene rings is 3. The molecule has 0 fully saturated rings. The first kappa shape index (κ1) is 32.0. The average Bonchev–Trinajstić information content (AvgIpc) is 2.90. The van der Waals surface area contributed by atoms with Gasteiger partial charge in [0.2, 0.25) is 21.8 Å². The first-order valence-electron chi connectivity index (χ1n) is 13.4. The van der Waals surface area contributed by atoms with Gasteiger partial charge >= 0.3 is 0 Å². The predicted molar refractivity (Wildman–Crippen MR) is 164 cm³/mol. The van der Waals surface area contributed by atoms with Crippen LogP contribution < -0.4 is 14.4 Å². The van der Waals surface area contributed by atoms with Crippen molar-refractivity contribution in [3.63, 3.8) is 0 Å². The Morgan fingerprint density at radius 2 is 1.56 bits per heavy atom. The predicted octanol–water partition coefficient (Wildman–Crippen LogP) is 5.06. The van der Waals surface area contributed by atoms with Crippen LogP contribution >= 0.6 is 11.6 Å². The summed E-state index contributed by atoms with van der Waals surface area (Å²) in [5.41, 5.74) is 1.23. The van der Waals surface area contributed by atoms with E-state index in [-0.39, 0.29) is 18.9 Å². The van der Waals surface area contributed by atoms with Crippen LogP contribution in [0.25, 0.3) is 0 Å². The fraction of sp³-hybridized carbons (Fsp3) is 0.355. The Hall–Kier alpha value is -3.56. The van der Waals surface area contributed by atoms with E-state index in [1.54, 1.807) is 48.5 Å². The van der Waals surface area contributed by atoms with E-state index in [9.17, 15) is 18.0 Å². The van der Waals surface area contributed by atoms with Crippen LogP contribution in [-0.4, -0.2) is 56.1 Å². The SMILES string of the molecule is CCOc1ccc(N(CC(=O)N(Cc2ccccc2Cl)C(Cc2ccccc2)C(=O)NC(C)(C)C)S(C)(=O)=O)cc1. The molecule has 0 spiro atoms. The number of halogens is 1. The molecule has 3 aromatic carbocycles. The minimum absolute atomic E-state index is 0.00838. The van der Waals surface area contributed by atoms with Crippen molar-refractivity contribution >= 4 is 39.1 Å². The number of hydrogen-bond acceptors (Lipinski definition) is 5. The standard InChI is InChI=1S/C31H38ClN3O5S/c1-6-40-26-18-16-25(17-19-26)35(41(5,38)39)22-29(36)34(21-24-14-10-11-15-27(24)32)28(30(37)33-31(2,3)4)20-23-12-8-7-9-13-23/h7-19,28H,6,20-22H2,1-5H3,(H,33,37). The summed E-state index contributed by atoms with van der Waals surface area (Å²) < 4.78 is 32.3. The molecule has 220 valence electrons. The highest BCUT2D eigenvalue weighted by Crippen LogP contribution is 2.24. The van der Waals surface area contributed by atoms with Crippen LogP contribution in [-0.2, 0) is 32.6 Å². The van der Waals surface area contributed by atoms with Crippen LogP contribution in [0, 0.1) is 0 Å². The quantitative estimate of drug-likeness (QED) is 0.314. The summed E-state index contributed by atoms with van der Waals surface area (Å²) >= 11 is 6.48. The third-order valence-corrected chi connectivity index (χ3v) is 7.69. The van der Waals surface area contributed by atoms with Gasteiger partial charge in [0.15, 0.2) is 0 Å². The Bertz CT molecular complexity index is 1420. The van der Waals surface area contributed by atoms with E-state index < -0.39 is 34.1 Å². The van der Waals surface area contributed by atoms with E-state index in [4.69, 9.17) is 16.3 Å². The largest absolute Gasteiger partial charge is 0.494 e. The zero-order chi connectivity index (χ0) is 30.2. The van der Waals surface area contributed by atoms with Crippen molar-refractivity contribution in [2.75, 3.05) is 23.7 Å². The number of amides is 2. The van der Waals surface area contributed by atoms with E-state index in [1.165, 1.54) is 4.90 Å². The number of carbonyl (C=O) groups excluding carboxylic acids is 2. The number of ether oxygens (including phenoxy) is 1. The van der Waals surface area contributed by atoms with Crippen molar-refractivity contribution in [2.24, 2.45) is 0 Å². The smallest absolute Gasteiger partial charge is 0.244 e. The molecule has 0 radical (unpaired) electrons. The molecule has 1 atom stereocenters. The van der Waals surface area contributed by atoms with E-state index in [0.717, 1.165) is 16.1 Å². The molecule has 1 N–H and O–H groups in total. The summed E-state index contributed by atoms with van der Waals surface area (Å²) in [5.74, 6) is -0.318. The lowest BCUT2D eigenvalue weighted by Crippen LogP contribution is -2.56. The number of nitrogens with one attached hydrogen (secondary N) is 1. The molecule has 0 aromatic heterocycles. The molecular formula is C31H38ClN3O5S. The van der Waals surface area contributed by atoms with Crippen LogP contribution in [0.3, 0.4) is 0 Å². The summed E-state index contributed by atoms with van der Waals surface area (Å²) in [6.07, 6.45) is 1.27. The highest BCUT2D eigenvalue weighted by molar-refractivity contribution is 7.92. The molecule has 2 amide bonds. The van der Waals surface area contributed by atoms with Gasteiger partial charge in [-0.25, -0.2) is 8.42 Å². The Morgan fingerprint density at radius 3 is 2.12 bits per heavy atom. The van der Waals surface area contributed by atoms with Gasteiger partial charge in [0.1, 0.15) is 18.3 Å². The van der Waals surface area contributed by atoms with Gasteiger partial charge in [-0.2, -0.15) is 0 Å². The lowest BCUT2D eigenvalue weighted by Gasteiger charge is -2.35. The van der Waals surface area contributed by atoms with Gasteiger partial charge in [-0.15, -0.1) is 0 Å². The second-order valence-electron chi connectivity index (χ2n) is 10.8. The van der Waals surface area contributed by atoms with Crippen LogP contribution in [0.15, 0.2) is 78.9 Å². The Balaban J connectivity index is 2.06. The molecule has 0 aliphatic rings. The molecule has 0 saturated carbocycles. The summed E-state index contributed by atoms with van der Waals surface area (Å²) in [5, 5.41) is 3.43. The molecule has 3 aromatic rings. The van der Waals surface area contributed by atoms with Gasteiger partial charge < -0.3 is 15.0 Å². The lowest BCUT2D eigenvalue weighted by molar-refractivity contribution is -0.140. The van der Waals surface area contributed by atoms with Crippen molar-refractivity contribution in [1.29, 1.82) is 0 Å². The minimum atomic E-state index is -3.87. The second-order valence-corrected chi connectivity index (χ2v) is 13.1. The van der Waals surface area contributed by atoms with E-state index in [0.29, 0.717) is 28.6 Å². The van der Waals surface area contributed by atoms with Crippen molar-refractivity contribution in [3.8, 4) is 5.75 Å². The molecule has 0 aliphatic heterocycles. The van der Waals surface area contributed by atoms with E-state index >= 15 is 0 Å². The van der Waals surface area contributed by atoms with E-state index in [1.807, 2.05) is 58.0 Å². The van der Waals surface area contributed by atoms with Gasteiger partial charge in [0, 0.05) is 23.5 Å². The number of sulfonamides is 1. The third-order valence-electron chi connectivity index (χ3n) is 6.18. The zero-order valence-corrected chi connectivity index (χ0v) is 25.7. The van der Waals surface area contributed by atoms with Gasteiger partial charge in [0.25, 0.3) is 0 Å². The fourth-order valence-corrected chi connectivity index (χ4v) is 5.35. The Morgan fingerprint density at radius 1 is 0.951 bits per heavy atom. The first-order chi connectivity index (χ1) is 19.3. The average molecular weight is 600 g/mol. The zero-order valence-electron chi connectivity index (χ0n) is 24.1. The van der Waals surface area contributed by atoms with E-state index in [2.05, 4.69) is 5.32 Å². The highest BCUT2D eigenvalue weighted by atomic mass is 35.5. The monoisotopic (exact) mass is 599 g/mol. The van der Waals surface area contributed by atoms with Crippen LogP contribution in [0.1, 0.15) is 38.8 Å².